The Kier molecular flexibility index (Phi) is 3.69. The Hall–Kier alpha value is -1.88. The highest BCUT2D eigenvalue weighted by atomic mass is 16.4. The van der Waals surface area contributed by atoms with Crippen LogP contribution in [-0.4, -0.2) is 45.6 Å². The number of hydrogen-bond acceptors (Lipinski definition) is 3. The lowest BCUT2D eigenvalue weighted by Crippen LogP contribution is -2.34. The number of fused-ring (bicyclic) bond motifs is 1. The lowest BCUT2D eigenvalue weighted by atomic mass is 9.96. The van der Waals surface area contributed by atoms with E-state index in [0.29, 0.717) is 12.5 Å². The molecular weight excluding hydrogens is 254 g/mol. The first kappa shape index (κ1) is 13.1. The van der Waals surface area contributed by atoms with E-state index in [-0.39, 0.29) is 6.42 Å². The fraction of sp³-hybridized carbons (Fsp3) is 0.467. The van der Waals surface area contributed by atoms with Gasteiger partial charge in [0.2, 0.25) is 0 Å². The molecule has 2 N–H and O–H groups in total. The van der Waals surface area contributed by atoms with Crippen molar-refractivity contribution in [2.24, 2.45) is 0 Å². The summed E-state index contributed by atoms with van der Waals surface area (Å²) in [5.41, 5.74) is 2.12. The smallest absolute Gasteiger partial charge is 0.304 e. The van der Waals surface area contributed by atoms with Crippen molar-refractivity contribution in [3.8, 4) is 0 Å². The van der Waals surface area contributed by atoms with E-state index in [0.717, 1.165) is 42.8 Å². The summed E-state index contributed by atoms with van der Waals surface area (Å²) >= 11 is 0. The van der Waals surface area contributed by atoms with E-state index in [9.17, 15) is 4.79 Å². The predicted molar refractivity (Wildman–Crippen MR) is 76.8 cm³/mol. The van der Waals surface area contributed by atoms with Crippen LogP contribution >= 0.6 is 0 Å². The highest BCUT2D eigenvalue weighted by Gasteiger charge is 2.23. The molecule has 0 amide bonds. The second-order valence-corrected chi connectivity index (χ2v) is 5.40. The maximum absolute atomic E-state index is 10.6. The quantitative estimate of drug-likeness (QED) is 0.896. The molecule has 0 saturated carbocycles. The van der Waals surface area contributed by atoms with Gasteiger partial charge in [-0.15, -0.1) is 0 Å². The van der Waals surface area contributed by atoms with Gasteiger partial charge in [-0.25, -0.2) is 4.98 Å². The molecule has 2 aromatic rings. The predicted octanol–water partition coefficient (Wildman–Crippen LogP) is 2.22. The molecule has 1 aromatic carbocycles. The number of hydrogen-bond donors (Lipinski definition) is 2. The van der Waals surface area contributed by atoms with Crippen molar-refractivity contribution in [3.05, 3.63) is 30.1 Å². The van der Waals surface area contributed by atoms with Gasteiger partial charge in [-0.3, -0.25) is 4.79 Å². The zero-order valence-electron chi connectivity index (χ0n) is 11.4. The number of para-hydroxylation sites is 2. The van der Waals surface area contributed by atoms with Gasteiger partial charge in [0.15, 0.2) is 0 Å². The van der Waals surface area contributed by atoms with Gasteiger partial charge >= 0.3 is 5.97 Å². The average Bonchev–Trinajstić information content (AvgIpc) is 2.89. The van der Waals surface area contributed by atoms with E-state index in [1.807, 2.05) is 24.3 Å². The first-order valence-corrected chi connectivity index (χ1v) is 7.11. The summed E-state index contributed by atoms with van der Waals surface area (Å²) in [6, 6.07) is 8.09. The third kappa shape index (κ3) is 2.82. The Morgan fingerprint density at radius 3 is 2.80 bits per heavy atom. The van der Waals surface area contributed by atoms with E-state index in [2.05, 4.69) is 14.9 Å². The first-order valence-electron chi connectivity index (χ1n) is 7.11. The van der Waals surface area contributed by atoms with Crippen LogP contribution in [0.15, 0.2) is 24.3 Å². The number of aliphatic carboxylic acids is 1. The SMILES string of the molecule is O=C(O)CCN1CCC(c2nc3ccccc3[nH]2)CC1. The van der Waals surface area contributed by atoms with E-state index in [4.69, 9.17) is 5.11 Å². The van der Waals surface area contributed by atoms with Crippen molar-refractivity contribution in [1.29, 1.82) is 0 Å². The van der Waals surface area contributed by atoms with E-state index < -0.39 is 5.97 Å². The molecule has 5 nitrogen and oxygen atoms in total. The summed E-state index contributed by atoms with van der Waals surface area (Å²) in [7, 11) is 0. The molecule has 1 aliphatic heterocycles. The summed E-state index contributed by atoms with van der Waals surface area (Å²) in [6.07, 6.45) is 2.31. The molecule has 3 rings (SSSR count). The fourth-order valence-corrected chi connectivity index (χ4v) is 2.85. The van der Waals surface area contributed by atoms with Gasteiger partial charge in [0, 0.05) is 12.5 Å². The van der Waals surface area contributed by atoms with E-state index >= 15 is 0 Å². The second kappa shape index (κ2) is 5.63. The van der Waals surface area contributed by atoms with Crippen molar-refractivity contribution >= 4 is 17.0 Å². The number of nitrogens with zero attached hydrogens (tertiary/aromatic N) is 2. The molecule has 0 spiro atoms. The minimum absolute atomic E-state index is 0.231. The van der Waals surface area contributed by atoms with Gasteiger partial charge in [0.05, 0.1) is 17.5 Å². The molecule has 0 unspecified atom stereocenters. The molecule has 5 heteroatoms. The Morgan fingerprint density at radius 2 is 2.10 bits per heavy atom. The van der Waals surface area contributed by atoms with Crippen LogP contribution in [0.1, 0.15) is 31.0 Å². The van der Waals surface area contributed by atoms with Crippen LogP contribution in [-0.2, 0) is 4.79 Å². The molecule has 1 aliphatic rings. The largest absolute Gasteiger partial charge is 0.481 e. The van der Waals surface area contributed by atoms with E-state index in [1.165, 1.54) is 0 Å². The topological polar surface area (TPSA) is 69.2 Å². The zero-order valence-corrected chi connectivity index (χ0v) is 11.4. The standard InChI is InChI=1S/C15H19N3O2/c19-14(20)7-10-18-8-5-11(6-9-18)15-16-12-3-1-2-4-13(12)17-15/h1-4,11H,5-10H2,(H,16,17)(H,19,20). The maximum Gasteiger partial charge on any atom is 0.304 e. The number of imidazole rings is 1. The number of benzene rings is 1. The minimum atomic E-state index is -0.718. The number of carboxylic acids is 1. The van der Waals surface area contributed by atoms with Gasteiger partial charge in [-0.05, 0) is 38.1 Å². The van der Waals surface area contributed by atoms with Crippen molar-refractivity contribution < 1.29 is 9.90 Å². The molecule has 1 saturated heterocycles. The van der Waals surface area contributed by atoms with Crippen LogP contribution in [0.3, 0.4) is 0 Å². The van der Waals surface area contributed by atoms with Crippen LogP contribution in [0.25, 0.3) is 11.0 Å². The average molecular weight is 273 g/mol. The third-order valence-corrected chi connectivity index (χ3v) is 4.02. The zero-order chi connectivity index (χ0) is 13.9. The van der Waals surface area contributed by atoms with Crippen molar-refractivity contribution in [2.45, 2.75) is 25.2 Å². The first-order chi connectivity index (χ1) is 9.72. The third-order valence-electron chi connectivity index (χ3n) is 4.02. The lowest BCUT2D eigenvalue weighted by molar-refractivity contribution is -0.137. The van der Waals surface area contributed by atoms with Crippen LogP contribution in [0.4, 0.5) is 0 Å². The molecule has 0 atom stereocenters. The molecule has 0 aliphatic carbocycles. The number of carboxylic acid groups (broad SMARTS) is 1. The van der Waals surface area contributed by atoms with Crippen LogP contribution in [0, 0.1) is 0 Å². The van der Waals surface area contributed by atoms with Crippen LogP contribution in [0.5, 0.6) is 0 Å². The molecule has 20 heavy (non-hydrogen) atoms. The Bertz CT molecular complexity index is 567. The number of likely N-dealkylation sites (tertiary alicyclic amines) is 1. The lowest BCUT2D eigenvalue weighted by Gasteiger charge is -2.30. The second-order valence-electron chi connectivity index (χ2n) is 5.40. The Labute approximate surface area is 117 Å². The normalized spacial score (nSPS) is 17.6. The highest BCUT2D eigenvalue weighted by molar-refractivity contribution is 5.74. The summed E-state index contributed by atoms with van der Waals surface area (Å²) in [6.45, 7) is 2.56. The molecular formula is C15H19N3O2. The maximum atomic E-state index is 10.6. The van der Waals surface area contributed by atoms with E-state index in [1.54, 1.807) is 0 Å². The van der Waals surface area contributed by atoms with Gasteiger partial charge in [-0.1, -0.05) is 12.1 Å². The van der Waals surface area contributed by atoms with Gasteiger partial charge in [-0.2, -0.15) is 0 Å². The summed E-state index contributed by atoms with van der Waals surface area (Å²) in [4.78, 5) is 20.9. The van der Waals surface area contributed by atoms with Gasteiger partial charge in [0.1, 0.15) is 5.82 Å². The molecule has 0 radical (unpaired) electrons. The number of aromatic amines is 1. The fourth-order valence-electron chi connectivity index (χ4n) is 2.85. The molecule has 106 valence electrons. The summed E-state index contributed by atoms with van der Waals surface area (Å²) < 4.78 is 0. The molecule has 0 bridgehead atoms. The molecule has 1 aromatic heterocycles. The van der Waals surface area contributed by atoms with Gasteiger partial charge in [0.25, 0.3) is 0 Å². The Morgan fingerprint density at radius 1 is 1.35 bits per heavy atom. The number of carbonyl (C=O) groups is 1. The van der Waals surface area contributed by atoms with Gasteiger partial charge < -0.3 is 15.0 Å². The number of aromatic nitrogens is 2. The van der Waals surface area contributed by atoms with Crippen molar-refractivity contribution in [1.82, 2.24) is 14.9 Å². The molecule has 2 heterocycles. The summed E-state index contributed by atoms with van der Waals surface area (Å²) in [5.74, 6) is 0.817. The Balaban J connectivity index is 1.61. The number of piperidine rings is 1. The number of nitrogens with one attached hydrogen (secondary N) is 1. The number of rotatable bonds is 4. The van der Waals surface area contributed by atoms with Crippen LogP contribution in [0.2, 0.25) is 0 Å². The van der Waals surface area contributed by atoms with Crippen molar-refractivity contribution in [3.63, 3.8) is 0 Å². The summed E-state index contributed by atoms with van der Waals surface area (Å²) in [5, 5.41) is 8.71. The van der Waals surface area contributed by atoms with Crippen LogP contribution < -0.4 is 0 Å². The monoisotopic (exact) mass is 273 g/mol. The number of H-pyrrole nitrogens is 1. The van der Waals surface area contributed by atoms with Crippen molar-refractivity contribution in [2.75, 3.05) is 19.6 Å². The minimum Gasteiger partial charge on any atom is -0.481 e. The molecule has 1 fully saturated rings. The highest BCUT2D eigenvalue weighted by Crippen LogP contribution is 2.27.